The Bertz CT molecular complexity index is 840. The molecule has 0 bridgehead atoms. The van der Waals surface area contributed by atoms with Crippen LogP contribution in [0.5, 0.6) is 0 Å². The highest BCUT2D eigenvalue weighted by Gasteiger charge is 2.35. The summed E-state index contributed by atoms with van der Waals surface area (Å²) in [6.07, 6.45) is 7.98. The van der Waals surface area contributed by atoms with Crippen LogP contribution in [0.2, 0.25) is 0 Å². The molecule has 1 heterocycles. The van der Waals surface area contributed by atoms with Crippen molar-refractivity contribution in [2.75, 3.05) is 13.1 Å². The summed E-state index contributed by atoms with van der Waals surface area (Å²) in [5.41, 5.74) is 3.93. The van der Waals surface area contributed by atoms with Gasteiger partial charge in [-0.15, -0.1) is 0 Å². The third-order valence-corrected chi connectivity index (χ3v) is 5.29. The van der Waals surface area contributed by atoms with Crippen LogP contribution in [0.3, 0.4) is 0 Å². The molecule has 0 spiro atoms. The molecule has 0 radical (unpaired) electrons. The summed E-state index contributed by atoms with van der Waals surface area (Å²) in [6, 6.07) is 20.3. The summed E-state index contributed by atoms with van der Waals surface area (Å²) in [4.78, 5) is 0. The fourth-order valence-electron chi connectivity index (χ4n) is 3.97. The van der Waals surface area contributed by atoms with Gasteiger partial charge in [-0.05, 0) is 54.3 Å². The van der Waals surface area contributed by atoms with Gasteiger partial charge in [0, 0.05) is 6.42 Å². The number of halogens is 1. The lowest BCUT2D eigenvalue weighted by Crippen LogP contribution is -2.29. The molecule has 1 saturated heterocycles. The number of hydrogen-bond donors (Lipinski definition) is 1. The van der Waals surface area contributed by atoms with Crippen molar-refractivity contribution in [1.82, 2.24) is 5.32 Å². The second-order valence-corrected chi connectivity index (χ2v) is 7.02. The van der Waals surface area contributed by atoms with Crippen molar-refractivity contribution >= 4 is 11.1 Å². The summed E-state index contributed by atoms with van der Waals surface area (Å²) in [7, 11) is 0. The van der Waals surface area contributed by atoms with Gasteiger partial charge in [0.25, 0.3) is 0 Å². The van der Waals surface area contributed by atoms with Crippen molar-refractivity contribution in [2.45, 2.75) is 24.9 Å². The number of alkyl halides is 1. The van der Waals surface area contributed by atoms with E-state index in [0.717, 1.165) is 48.2 Å². The lowest BCUT2D eigenvalue weighted by molar-refractivity contribution is 0.311. The second-order valence-electron chi connectivity index (χ2n) is 7.02. The van der Waals surface area contributed by atoms with Crippen LogP contribution in [-0.2, 0) is 0 Å². The molecule has 26 heavy (non-hydrogen) atoms. The number of allylic oxidation sites excluding steroid dienone is 5. The molecule has 2 heteroatoms. The molecule has 2 aliphatic rings. The minimum Gasteiger partial charge on any atom is -0.316 e. The number of hydrogen-bond acceptors (Lipinski definition) is 1. The predicted octanol–water partition coefficient (Wildman–Crippen LogP) is 5.58. The molecule has 132 valence electrons. The number of piperidine rings is 1. The predicted molar refractivity (Wildman–Crippen MR) is 107 cm³/mol. The number of rotatable bonds is 3. The number of benzene rings is 2. The van der Waals surface area contributed by atoms with Gasteiger partial charge in [-0.1, -0.05) is 78.4 Å². The van der Waals surface area contributed by atoms with Crippen LogP contribution in [0.25, 0.3) is 11.1 Å². The highest BCUT2D eigenvalue weighted by atomic mass is 19.1. The van der Waals surface area contributed by atoms with Crippen molar-refractivity contribution in [3.63, 3.8) is 0 Å². The largest absolute Gasteiger partial charge is 0.316 e. The van der Waals surface area contributed by atoms with Crippen molar-refractivity contribution in [3.8, 4) is 0 Å². The van der Waals surface area contributed by atoms with Gasteiger partial charge in [0.2, 0.25) is 0 Å². The minimum absolute atomic E-state index is 0.384. The zero-order chi connectivity index (χ0) is 17.8. The van der Waals surface area contributed by atoms with Crippen molar-refractivity contribution < 1.29 is 4.39 Å². The van der Waals surface area contributed by atoms with Gasteiger partial charge >= 0.3 is 0 Å². The first-order valence-electron chi connectivity index (χ1n) is 9.39. The fourth-order valence-corrected chi connectivity index (χ4v) is 3.97. The minimum atomic E-state index is -1.44. The molecule has 0 saturated carbocycles. The van der Waals surface area contributed by atoms with E-state index in [1.165, 1.54) is 5.57 Å². The molecule has 1 atom stereocenters. The van der Waals surface area contributed by atoms with Crippen molar-refractivity contribution in [1.29, 1.82) is 0 Å². The Morgan fingerprint density at radius 3 is 2.15 bits per heavy atom. The van der Waals surface area contributed by atoms with E-state index < -0.39 is 5.67 Å². The summed E-state index contributed by atoms with van der Waals surface area (Å²) < 4.78 is 16.2. The highest BCUT2D eigenvalue weighted by molar-refractivity contribution is 5.82. The molecule has 2 aromatic rings. The Morgan fingerprint density at radius 2 is 1.54 bits per heavy atom. The average Bonchev–Trinajstić information content (AvgIpc) is 2.71. The van der Waals surface area contributed by atoms with E-state index in [4.69, 9.17) is 0 Å². The Balaban J connectivity index is 1.71. The fraction of sp³-hybridized carbons (Fsp3) is 0.250. The van der Waals surface area contributed by atoms with Crippen LogP contribution in [-0.4, -0.2) is 18.8 Å². The molecule has 1 aliphatic carbocycles. The Labute approximate surface area is 155 Å². The summed E-state index contributed by atoms with van der Waals surface area (Å²) in [5, 5.41) is 3.38. The standard InChI is InChI=1S/C24H24FN/c25-24(15-11-20(12-16-24)19-7-3-1-4-8-19)23(21-9-5-2-6-10-21)22-13-17-26-18-14-22/h1-12,15,26H,13-14,16-18H2. The quantitative estimate of drug-likeness (QED) is 0.766. The zero-order valence-corrected chi connectivity index (χ0v) is 14.9. The van der Waals surface area contributed by atoms with Crippen LogP contribution in [0.4, 0.5) is 4.39 Å². The third kappa shape index (κ3) is 3.42. The first kappa shape index (κ1) is 17.0. The van der Waals surface area contributed by atoms with Crippen molar-refractivity contribution in [3.05, 3.63) is 95.6 Å². The average molecular weight is 345 g/mol. The molecule has 0 amide bonds. The summed E-state index contributed by atoms with van der Waals surface area (Å²) in [5.74, 6) is 0. The van der Waals surface area contributed by atoms with E-state index in [-0.39, 0.29) is 0 Å². The monoisotopic (exact) mass is 345 g/mol. The first-order valence-corrected chi connectivity index (χ1v) is 9.39. The third-order valence-electron chi connectivity index (χ3n) is 5.29. The van der Waals surface area contributed by atoms with Gasteiger partial charge in [0.05, 0.1) is 0 Å². The van der Waals surface area contributed by atoms with Gasteiger partial charge in [-0.2, -0.15) is 0 Å². The number of nitrogens with one attached hydrogen (secondary N) is 1. The molecule has 1 N–H and O–H groups in total. The smallest absolute Gasteiger partial charge is 0.158 e. The van der Waals surface area contributed by atoms with E-state index in [9.17, 15) is 0 Å². The van der Waals surface area contributed by atoms with E-state index >= 15 is 4.39 Å². The zero-order valence-electron chi connectivity index (χ0n) is 14.9. The second kappa shape index (κ2) is 7.43. The van der Waals surface area contributed by atoms with Crippen LogP contribution >= 0.6 is 0 Å². The van der Waals surface area contributed by atoms with Crippen LogP contribution < -0.4 is 5.32 Å². The maximum Gasteiger partial charge on any atom is 0.158 e. The van der Waals surface area contributed by atoms with E-state index in [2.05, 4.69) is 17.4 Å². The van der Waals surface area contributed by atoms with E-state index in [1.807, 2.05) is 60.7 Å². The summed E-state index contributed by atoms with van der Waals surface area (Å²) >= 11 is 0. The van der Waals surface area contributed by atoms with E-state index in [1.54, 1.807) is 6.08 Å². The lowest BCUT2D eigenvalue weighted by atomic mass is 9.78. The Morgan fingerprint density at radius 1 is 0.885 bits per heavy atom. The molecule has 1 nitrogen and oxygen atoms in total. The van der Waals surface area contributed by atoms with Gasteiger partial charge < -0.3 is 5.32 Å². The Hall–Kier alpha value is -2.45. The lowest BCUT2D eigenvalue weighted by Gasteiger charge is -2.32. The van der Waals surface area contributed by atoms with Crippen LogP contribution in [0, 0.1) is 0 Å². The van der Waals surface area contributed by atoms with Crippen LogP contribution in [0.15, 0.2) is 84.5 Å². The Kier molecular flexibility index (Phi) is 4.85. The maximum absolute atomic E-state index is 16.2. The molecule has 2 aromatic carbocycles. The van der Waals surface area contributed by atoms with Gasteiger partial charge in [-0.3, -0.25) is 0 Å². The van der Waals surface area contributed by atoms with Crippen LogP contribution in [0.1, 0.15) is 30.4 Å². The topological polar surface area (TPSA) is 12.0 Å². The molecular weight excluding hydrogens is 321 g/mol. The van der Waals surface area contributed by atoms with Crippen molar-refractivity contribution in [2.24, 2.45) is 0 Å². The molecule has 4 rings (SSSR count). The molecule has 1 unspecified atom stereocenters. The van der Waals surface area contributed by atoms with Gasteiger partial charge in [0.1, 0.15) is 0 Å². The van der Waals surface area contributed by atoms with Gasteiger partial charge in [0.15, 0.2) is 5.67 Å². The highest BCUT2D eigenvalue weighted by Crippen LogP contribution is 2.43. The molecular formula is C24H24FN. The molecule has 0 aromatic heterocycles. The van der Waals surface area contributed by atoms with Gasteiger partial charge in [-0.25, -0.2) is 4.39 Å². The first-order chi connectivity index (χ1) is 12.8. The molecule has 1 fully saturated rings. The summed E-state index contributed by atoms with van der Waals surface area (Å²) in [6.45, 7) is 1.85. The maximum atomic E-state index is 16.2. The van der Waals surface area contributed by atoms with E-state index in [0.29, 0.717) is 6.42 Å². The SMILES string of the molecule is FC1(C(=C2CCNCC2)c2ccccc2)C=CC(c2ccccc2)=CC1. The molecule has 1 aliphatic heterocycles. The normalized spacial score (nSPS) is 22.8.